The highest BCUT2D eigenvalue weighted by Crippen LogP contribution is 2.35. The molecule has 0 spiro atoms. The van der Waals surface area contributed by atoms with Crippen molar-refractivity contribution < 1.29 is 23.2 Å². The molecule has 16 nitrogen and oxygen atoms in total. The molecule has 69 heavy (non-hydrogen) atoms. The topological polar surface area (TPSA) is 155 Å². The number of imide groups is 1. The number of aryl methyl sites for hydroxylation is 2. The van der Waals surface area contributed by atoms with Gasteiger partial charge in [0.2, 0.25) is 11.8 Å². The second-order valence-electron chi connectivity index (χ2n) is 19.4. The van der Waals surface area contributed by atoms with Crippen LogP contribution in [0.25, 0.3) is 27.8 Å². The number of amides is 3. The molecule has 8 heterocycles. The molecule has 0 saturated carbocycles. The largest absolute Gasteiger partial charge is 0.388 e. The molecule has 4 aromatic heterocycles. The third-order valence-electron chi connectivity index (χ3n) is 15.1. The first-order chi connectivity index (χ1) is 33.3. The van der Waals surface area contributed by atoms with Gasteiger partial charge in [0.1, 0.15) is 23.3 Å². The van der Waals surface area contributed by atoms with E-state index in [1.54, 1.807) is 46.6 Å². The number of imidazole rings is 1. The van der Waals surface area contributed by atoms with E-state index in [9.17, 15) is 24.0 Å². The summed E-state index contributed by atoms with van der Waals surface area (Å²) in [6.07, 6.45) is 6.76. The highest BCUT2D eigenvalue weighted by molar-refractivity contribution is 6.00. The molecule has 4 saturated heterocycles. The van der Waals surface area contributed by atoms with Gasteiger partial charge in [-0.25, -0.2) is 18.6 Å². The number of rotatable bonds is 11. The molecule has 362 valence electrons. The summed E-state index contributed by atoms with van der Waals surface area (Å²) in [6.45, 7) is 8.27. The van der Waals surface area contributed by atoms with Gasteiger partial charge in [-0.3, -0.25) is 48.0 Å². The number of halogens is 2. The Kier molecular flexibility index (Phi) is 12.8. The van der Waals surface area contributed by atoms with Gasteiger partial charge in [-0.2, -0.15) is 0 Å². The number of pyridine rings is 2. The lowest BCUT2D eigenvalue weighted by Gasteiger charge is -2.39. The number of hydrogen-bond acceptors (Lipinski definition) is 10. The summed E-state index contributed by atoms with van der Waals surface area (Å²) in [5, 5.41) is 6.22. The van der Waals surface area contributed by atoms with Gasteiger partial charge in [0.05, 0.1) is 16.7 Å². The van der Waals surface area contributed by atoms with Crippen molar-refractivity contribution >= 4 is 45.5 Å². The number of benzene rings is 2. The van der Waals surface area contributed by atoms with Crippen molar-refractivity contribution in [2.24, 2.45) is 20.0 Å². The standard InChI is InChI=1S/C51H59F2N11O5/c1-54-36-13-19-63(46(66)27-36)41-8-14-55-48-38(41)28-37(57(48)2)31-59-15-11-34(12-16-59)47-39(52)25-35(26-40(47)53)50(68)62-17-9-32(10-18-62)29-60-20-22-61(23-21-60)30-33-4-5-42-44(24-33)58(3)51(69)64(42)43-6-7-45(65)56-49(43)67/h4-5,8,13-14,19,24-28,32,34,43,54H,6-7,9-12,15-18,20-23,29-31H2,1-3H3,(H,56,65,67)/t43-/m1/s1. The predicted octanol–water partition coefficient (Wildman–Crippen LogP) is 4.72. The van der Waals surface area contributed by atoms with Crippen LogP contribution in [0.4, 0.5) is 14.5 Å². The Morgan fingerprint density at radius 2 is 1.48 bits per heavy atom. The molecule has 4 aliphatic heterocycles. The van der Waals surface area contributed by atoms with Gasteiger partial charge in [-0.1, -0.05) is 6.07 Å². The SMILES string of the molecule is CNc1ccn(-c2ccnc3c2cc(CN2CCC(c4c(F)cc(C(=O)N5CCC(CN6CCN(Cc7ccc8c(c7)n(C)c(=O)n8[C@@H]7CCC(=O)NC7=O)CC6)CC5)cc4F)CC2)n3C)c(=O)c1. The monoisotopic (exact) mass is 943 g/mol. The predicted molar refractivity (Wildman–Crippen MR) is 258 cm³/mol. The summed E-state index contributed by atoms with van der Waals surface area (Å²) in [5.41, 5.74) is 5.47. The fraction of sp³-hybridized carbons (Fsp3) is 0.451. The number of likely N-dealkylation sites (tertiary alicyclic amines) is 2. The Bertz CT molecular complexity index is 3060. The first-order valence-corrected chi connectivity index (χ1v) is 24.2. The number of nitrogens with zero attached hydrogens (tertiary/aromatic N) is 9. The third-order valence-corrected chi connectivity index (χ3v) is 15.1. The van der Waals surface area contributed by atoms with E-state index in [1.807, 2.05) is 41.9 Å². The Balaban J connectivity index is 0.689. The number of anilines is 1. The first kappa shape index (κ1) is 46.2. The van der Waals surface area contributed by atoms with Crippen LogP contribution in [0.2, 0.25) is 0 Å². The summed E-state index contributed by atoms with van der Waals surface area (Å²) in [7, 11) is 5.44. The quantitative estimate of drug-likeness (QED) is 0.175. The minimum Gasteiger partial charge on any atom is -0.388 e. The van der Waals surface area contributed by atoms with Gasteiger partial charge in [0, 0.05) is 133 Å². The summed E-state index contributed by atoms with van der Waals surface area (Å²) in [4.78, 5) is 77.6. The van der Waals surface area contributed by atoms with E-state index in [0.717, 1.165) is 91.3 Å². The molecule has 0 radical (unpaired) electrons. The fourth-order valence-electron chi connectivity index (χ4n) is 11.2. The van der Waals surface area contributed by atoms with Crippen LogP contribution in [0, 0.1) is 17.6 Å². The van der Waals surface area contributed by atoms with E-state index in [0.29, 0.717) is 63.4 Å². The van der Waals surface area contributed by atoms with Gasteiger partial charge in [-0.15, -0.1) is 0 Å². The molecule has 10 rings (SSSR count). The van der Waals surface area contributed by atoms with E-state index >= 15 is 8.78 Å². The zero-order chi connectivity index (χ0) is 48.1. The molecule has 6 aromatic rings. The average molecular weight is 944 g/mol. The molecule has 2 N–H and O–H groups in total. The molecule has 4 fully saturated rings. The first-order valence-electron chi connectivity index (χ1n) is 24.2. The number of fused-ring (bicyclic) bond motifs is 2. The number of carbonyl (C=O) groups excluding carboxylic acids is 3. The number of hydrogen-bond donors (Lipinski definition) is 2. The maximum absolute atomic E-state index is 15.8. The van der Waals surface area contributed by atoms with E-state index in [4.69, 9.17) is 0 Å². The van der Waals surface area contributed by atoms with Crippen LogP contribution in [-0.4, -0.2) is 127 Å². The van der Waals surface area contributed by atoms with E-state index in [-0.39, 0.29) is 46.5 Å². The number of carbonyl (C=O) groups is 3. The maximum atomic E-state index is 15.8. The molecule has 2 aromatic carbocycles. The van der Waals surface area contributed by atoms with E-state index in [2.05, 4.69) is 36.4 Å². The Hall–Kier alpha value is -6.50. The molecule has 0 unspecified atom stereocenters. The lowest BCUT2D eigenvalue weighted by Crippen LogP contribution is -2.48. The highest BCUT2D eigenvalue weighted by Gasteiger charge is 2.33. The molecule has 4 aliphatic rings. The summed E-state index contributed by atoms with van der Waals surface area (Å²) < 4.78 is 38.4. The van der Waals surface area contributed by atoms with Crippen LogP contribution < -0.4 is 21.9 Å². The van der Waals surface area contributed by atoms with Crippen LogP contribution in [0.15, 0.2) is 76.6 Å². The lowest BCUT2D eigenvalue weighted by atomic mass is 9.87. The zero-order valence-electron chi connectivity index (χ0n) is 39.4. The van der Waals surface area contributed by atoms with Crippen molar-refractivity contribution in [2.45, 2.75) is 63.6 Å². The number of aromatic nitrogens is 5. The van der Waals surface area contributed by atoms with Crippen molar-refractivity contribution in [3.05, 3.63) is 122 Å². The van der Waals surface area contributed by atoms with Gasteiger partial charge in [0.15, 0.2) is 0 Å². The van der Waals surface area contributed by atoms with Crippen LogP contribution in [0.1, 0.15) is 77.7 Å². The van der Waals surface area contributed by atoms with Crippen molar-refractivity contribution in [1.29, 1.82) is 0 Å². The fourth-order valence-corrected chi connectivity index (χ4v) is 11.2. The summed E-state index contributed by atoms with van der Waals surface area (Å²) in [5.74, 6) is -2.30. The second-order valence-corrected chi connectivity index (χ2v) is 19.4. The van der Waals surface area contributed by atoms with Crippen molar-refractivity contribution in [2.75, 3.05) is 71.3 Å². The minimum absolute atomic E-state index is 0.0537. The minimum atomic E-state index is -0.715. The Morgan fingerprint density at radius 1 is 0.768 bits per heavy atom. The third kappa shape index (κ3) is 9.12. The zero-order valence-corrected chi connectivity index (χ0v) is 39.4. The van der Waals surface area contributed by atoms with Crippen molar-refractivity contribution in [3.63, 3.8) is 0 Å². The van der Waals surface area contributed by atoms with Crippen molar-refractivity contribution in [1.82, 2.24) is 48.2 Å². The van der Waals surface area contributed by atoms with Gasteiger partial charge < -0.3 is 19.7 Å². The normalized spacial score (nSPS) is 19.5. The second kappa shape index (κ2) is 19.1. The van der Waals surface area contributed by atoms with Crippen molar-refractivity contribution in [3.8, 4) is 5.69 Å². The van der Waals surface area contributed by atoms with Crippen LogP contribution in [0.5, 0.6) is 0 Å². The van der Waals surface area contributed by atoms with Crippen LogP contribution >= 0.6 is 0 Å². The Morgan fingerprint density at radius 3 is 2.17 bits per heavy atom. The highest BCUT2D eigenvalue weighted by atomic mass is 19.1. The maximum Gasteiger partial charge on any atom is 0.329 e. The van der Waals surface area contributed by atoms with Crippen LogP contribution in [-0.2, 0) is 36.8 Å². The number of piperidine rings is 3. The Labute approximate surface area is 398 Å². The lowest BCUT2D eigenvalue weighted by molar-refractivity contribution is -0.135. The van der Waals surface area contributed by atoms with Crippen LogP contribution in [0.3, 0.4) is 0 Å². The van der Waals surface area contributed by atoms with E-state index in [1.165, 1.54) is 16.7 Å². The molecule has 18 heteroatoms. The van der Waals surface area contributed by atoms with Gasteiger partial charge in [-0.05, 0) is 105 Å². The molecule has 1 atom stereocenters. The average Bonchev–Trinajstić information content (AvgIpc) is 3.79. The van der Waals surface area contributed by atoms with Gasteiger partial charge in [0.25, 0.3) is 11.5 Å². The van der Waals surface area contributed by atoms with E-state index < -0.39 is 23.6 Å². The molecule has 0 bridgehead atoms. The summed E-state index contributed by atoms with van der Waals surface area (Å²) in [6, 6.07) is 15.0. The smallest absolute Gasteiger partial charge is 0.329 e. The molecular formula is C51H59F2N11O5. The number of piperazine rings is 1. The summed E-state index contributed by atoms with van der Waals surface area (Å²) >= 11 is 0. The van der Waals surface area contributed by atoms with Gasteiger partial charge >= 0.3 is 5.69 Å². The molecular weight excluding hydrogens is 885 g/mol. The molecule has 3 amide bonds. The number of nitrogens with one attached hydrogen (secondary N) is 2. The molecule has 0 aliphatic carbocycles.